The van der Waals surface area contributed by atoms with Crippen molar-refractivity contribution in [2.75, 3.05) is 0 Å². The minimum atomic E-state index is -0.439. The van der Waals surface area contributed by atoms with Crippen LogP contribution in [-0.2, 0) is 6.61 Å². The number of hydrogen-bond donors (Lipinski definition) is 0. The van der Waals surface area contributed by atoms with Gasteiger partial charge in [-0.3, -0.25) is 10.1 Å². The Balaban J connectivity index is 2.09. The van der Waals surface area contributed by atoms with Crippen molar-refractivity contribution in [3.63, 3.8) is 0 Å². The van der Waals surface area contributed by atoms with Crippen LogP contribution in [0.4, 0.5) is 5.69 Å². The van der Waals surface area contributed by atoms with Gasteiger partial charge in [0.25, 0.3) is 5.69 Å². The van der Waals surface area contributed by atoms with E-state index in [4.69, 9.17) is 4.74 Å². The van der Waals surface area contributed by atoms with Crippen molar-refractivity contribution in [3.8, 4) is 5.75 Å². The van der Waals surface area contributed by atoms with E-state index in [2.05, 4.69) is 15.9 Å². The zero-order chi connectivity index (χ0) is 13.0. The second kappa shape index (κ2) is 5.64. The van der Waals surface area contributed by atoms with E-state index in [1.54, 1.807) is 12.1 Å². The number of nitrogens with zero attached hydrogens (tertiary/aromatic N) is 1. The molecule has 0 amide bonds. The Kier molecular flexibility index (Phi) is 3.94. The molecule has 0 unspecified atom stereocenters. The molecule has 4 nitrogen and oxygen atoms in total. The van der Waals surface area contributed by atoms with Crippen LogP contribution in [0.1, 0.15) is 5.56 Å². The van der Waals surface area contributed by atoms with E-state index < -0.39 is 4.92 Å². The third-order valence-electron chi connectivity index (χ3n) is 2.38. The summed E-state index contributed by atoms with van der Waals surface area (Å²) in [5.41, 5.74) is 1.02. The molecule has 0 aliphatic carbocycles. The highest BCUT2D eigenvalue weighted by atomic mass is 79.9. The van der Waals surface area contributed by atoms with Gasteiger partial charge in [-0.15, -0.1) is 0 Å². The normalized spacial score (nSPS) is 10.1. The largest absolute Gasteiger partial charge is 0.489 e. The van der Waals surface area contributed by atoms with Gasteiger partial charge in [-0.25, -0.2) is 0 Å². The molecule has 2 aromatic carbocycles. The predicted molar refractivity (Wildman–Crippen MR) is 71.6 cm³/mol. The minimum Gasteiger partial charge on any atom is -0.489 e. The average molecular weight is 308 g/mol. The van der Waals surface area contributed by atoms with E-state index in [-0.39, 0.29) is 5.69 Å². The molecule has 0 saturated carbocycles. The second-order valence-electron chi connectivity index (χ2n) is 3.63. The fourth-order valence-corrected chi connectivity index (χ4v) is 1.86. The zero-order valence-electron chi connectivity index (χ0n) is 9.38. The Labute approximate surface area is 112 Å². The van der Waals surface area contributed by atoms with Crippen LogP contribution in [0.3, 0.4) is 0 Å². The summed E-state index contributed by atoms with van der Waals surface area (Å²) in [6.07, 6.45) is 0. The Hall–Kier alpha value is -1.88. The third kappa shape index (κ3) is 3.07. The summed E-state index contributed by atoms with van der Waals surface area (Å²) in [7, 11) is 0. The van der Waals surface area contributed by atoms with Crippen molar-refractivity contribution in [1.82, 2.24) is 0 Å². The lowest BCUT2D eigenvalue weighted by Crippen LogP contribution is -1.97. The molecule has 0 aliphatic rings. The maximum absolute atomic E-state index is 10.6. The first kappa shape index (κ1) is 12.6. The van der Waals surface area contributed by atoms with E-state index in [0.717, 1.165) is 10.0 Å². The molecule has 0 heterocycles. The number of nitro benzene ring substituents is 1. The summed E-state index contributed by atoms with van der Waals surface area (Å²) >= 11 is 3.42. The molecule has 0 radical (unpaired) electrons. The molecule has 0 N–H and O–H groups in total. The van der Waals surface area contributed by atoms with Crippen LogP contribution in [0.2, 0.25) is 0 Å². The highest BCUT2D eigenvalue weighted by Gasteiger charge is 2.06. The van der Waals surface area contributed by atoms with Crippen LogP contribution in [0.15, 0.2) is 53.0 Å². The monoisotopic (exact) mass is 307 g/mol. The first-order chi connectivity index (χ1) is 8.66. The number of nitro groups is 1. The Morgan fingerprint density at radius 1 is 1.17 bits per heavy atom. The van der Waals surface area contributed by atoms with Crippen molar-refractivity contribution in [2.45, 2.75) is 6.61 Å². The first-order valence-corrected chi connectivity index (χ1v) is 6.07. The van der Waals surface area contributed by atoms with Gasteiger partial charge in [-0.1, -0.05) is 40.2 Å². The molecule has 2 aromatic rings. The molecule has 5 heteroatoms. The van der Waals surface area contributed by atoms with Gasteiger partial charge >= 0.3 is 0 Å². The summed E-state index contributed by atoms with van der Waals surface area (Å²) in [5.74, 6) is 0.486. The summed E-state index contributed by atoms with van der Waals surface area (Å²) in [5, 5.41) is 10.6. The van der Waals surface area contributed by atoms with Crippen molar-refractivity contribution < 1.29 is 9.66 Å². The van der Waals surface area contributed by atoms with E-state index >= 15 is 0 Å². The van der Waals surface area contributed by atoms with Gasteiger partial charge in [-0.05, 0) is 12.1 Å². The predicted octanol–water partition coefficient (Wildman–Crippen LogP) is 3.94. The number of hydrogen-bond acceptors (Lipinski definition) is 3. The third-order valence-corrected chi connectivity index (χ3v) is 3.15. The van der Waals surface area contributed by atoms with E-state index in [9.17, 15) is 10.1 Å². The lowest BCUT2D eigenvalue weighted by Gasteiger charge is -2.07. The molecule has 0 atom stereocenters. The number of non-ortho nitro benzene ring substituents is 1. The lowest BCUT2D eigenvalue weighted by molar-refractivity contribution is -0.384. The van der Waals surface area contributed by atoms with Gasteiger partial charge < -0.3 is 4.74 Å². The van der Waals surface area contributed by atoms with Gasteiger partial charge in [0.1, 0.15) is 12.4 Å². The lowest BCUT2D eigenvalue weighted by atomic mass is 10.2. The maximum atomic E-state index is 10.6. The molecule has 0 aliphatic heterocycles. The van der Waals surface area contributed by atoms with Gasteiger partial charge in [0.05, 0.1) is 11.0 Å². The summed E-state index contributed by atoms with van der Waals surface area (Å²) in [6.45, 7) is 0.364. The number of halogens is 1. The first-order valence-electron chi connectivity index (χ1n) is 5.27. The second-order valence-corrected chi connectivity index (χ2v) is 4.49. The number of ether oxygens (including phenoxy) is 1. The molecule has 0 saturated heterocycles. The van der Waals surface area contributed by atoms with Gasteiger partial charge in [0.15, 0.2) is 0 Å². The maximum Gasteiger partial charge on any atom is 0.273 e. The standard InChI is InChI=1S/C13H10BrNO3/c14-13-7-2-1-4-10(13)9-18-12-6-3-5-11(8-12)15(16)17/h1-8H,9H2. The topological polar surface area (TPSA) is 52.4 Å². The molecule has 92 valence electrons. The summed E-state index contributed by atoms with van der Waals surface area (Å²) < 4.78 is 6.48. The zero-order valence-corrected chi connectivity index (χ0v) is 11.0. The quantitative estimate of drug-likeness (QED) is 0.635. The number of rotatable bonds is 4. The summed E-state index contributed by atoms with van der Waals surface area (Å²) in [6, 6.07) is 13.8. The Morgan fingerprint density at radius 3 is 2.67 bits per heavy atom. The van der Waals surface area contributed by atoms with Crippen LogP contribution in [-0.4, -0.2) is 4.92 Å². The van der Waals surface area contributed by atoms with E-state index in [0.29, 0.717) is 12.4 Å². The fourth-order valence-electron chi connectivity index (χ4n) is 1.46. The molecular weight excluding hydrogens is 298 g/mol. The molecule has 0 spiro atoms. The van der Waals surface area contributed by atoms with Crippen molar-refractivity contribution in [3.05, 3.63) is 68.7 Å². The fraction of sp³-hybridized carbons (Fsp3) is 0.0769. The van der Waals surface area contributed by atoms with Gasteiger partial charge in [0.2, 0.25) is 0 Å². The summed E-state index contributed by atoms with van der Waals surface area (Å²) in [4.78, 5) is 10.2. The smallest absolute Gasteiger partial charge is 0.273 e. The SMILES string of the molecule is O=[N+]([O-])c1cccc(OCc2ccccc2Br)c1. The molecule has 2 rings (SSSR count). The van der Waals surface area contributed by atoms with E-state index in [1.165, 1.54) is 12.1 Å². The molecule has 18 heavy (non-hydrogen) atoms. The minimum absolute atomic E-state index is 0.0274. The van der Waals surface area contributed by atoms with Gasteiger partial charge in [-0.2, -0.15) is 0 Å². The van der Waals surface area contributed by atoms with Crippen molar-refractivity contribution >= 4 is 21.6 Å². The average Bonchev–Trinajstić information content (AvgIpc) is 2.38. The highest BCUT2D eigenvalue weighted by Crippen LogP contribution is 2.22. The van der Waals surface area contributed by atoms with E-state index in [1.807, 2.05) is 24.3 Å². The molecule has 0 bridgehead atoms. The van der Waals surface area contributed by atoms with Crippen LogP contribution >= 0.6 is 15.9 Å². The Morgan fingerprint density at radius 2 is 1.94 bits per heavy atom. The molecule has 0 fully saturated rings. The Bertz CT molecular complexity index is 572. The van der Waals surface area contributed by atoms with Crippen LogP contribution in [0, 0.1) is 10.1 Å². The molecular formula is C13H10BrNO3. The highest BCUT2D eigenvalue weighted by molar-refractivity contribution is 9.10. The molecule has 0 aromatic heterocycles. The van der Waals surface area contributed by atoms with Gasteiger partial charge in [0, 0.05) is 16.1 Å². The van der Waals surface area contributed by atoms with Crippen LogP contribution in [0.25, 0.3) is 0 Å². The van der Waals surface area contributed by atoms with Crippen LogP contribution < -0.4 is 4.74 Å². The van der Waals surface area contributed by atoms with Crippen molar-refractivity contribution in [1.29, 1.82) is 0 Å². The number of benzene rings is 2. The van der Waals surface area contributed by atoms with Crippen LogP contribution in [0.5, 0.6) is 5.75 Å². The van der Waals surface area contributed by atoms with Crippen molar-refractivity contribution in [2.24, 2.45) is 0 Å².